The first-order valence-electron chi connectivity index (χ1n) is 6.80. The fourth-order valence-electron chi connectivity index (χ4n) is 2.44. The molecule has 0 amide bonds. The van der Waals surface area contributed by atoms with E-state index in [-0.39, 0.29) is 0 Å². The first-order chi connectivity index (χ1) is 7.34. The highest BCUT2D eigenvalue weighted by atomic mass is 15.1. The van der Waals surface area contributed by atoms with Crippen molar-refractivity contribution in [2.75, 3.05) is 26.2 Å². The zero-order valence-electron chi connectivity index (χ0n) is 10.2. The molecule has 1 heterocycles. The summed E-state index contributed by atoms with van der Waals surface area (Å²) in [4.78, 5) is 2.66. The molecule has 2 rings (SSSR count). The molecule has 2 aliphatic rings. The molecule has 1 atom stereocenters. The van der Waals surface area contributed by atoms with Crippen molar-refractivity contribution in [3.05, 3.63) is 0 Å². The second-order valence-electron chi connectivity index (χ2n) is 5.46. The lowest BCUT2D eigenvalue weighted by molar-refractivity contribution is 0.277. The number of hydrogen-bond donors (Lipinski definition) is 1. The third kappa shape index (κ3) is 4.52. The highest BCUT2D eigenvalue weighted by Crippen LogP contribution is 2.18. The number of likely N-dealkylation sites (tertiary alicyclic amines) is 1. The van der Waals surface area contributed by atoms with Crippen LogP contribution in [0.15, 0.2) is 0 Å². The van der Waals surface area contributed by atoms with Gasteiger partial charge in [-0.3, -0.25) is 0 Å². The Morgan fingerprint density at radius 3 is 2.80 bits per heavy atom. The van der Waals surface area contributed by atoms with Gasteiger partial charge in [0.15, 0.2) is 0 Å². The Kier molecular flexibility index (Phi) is 4.45. The van der Waals surface area contributed by atoms with Gasteiger partial charge in [-0.1, -0.05) is 6.92 Å². The Labute approximate surface area is 94.4 Å². The van der Waals surface area contributed by atoms with E-state index in [2.05, 4.69) is 17.1 Å². The lowest BCUT2D eigenvalue weighted by Gasteiger charge is -2.19. The average molecular weight is 210 g/mol. The van der Waals surface area contributed by atoms with Gasteiger partial charge in [-0.05, 0) is 70.6 Å². The lowest BCUT2D eigenvalue weighted by atomic mass is 10.0. The van der Waals surface area contributed by atoms with Crippen molar-refractivity contribution in [2.45, 2.75) is 51.5 Å². The van der Waals surface area contributed by atoms with Gasteiger partial charge in [0, 0.05) is 6.04 Å². The van der Waals surface area contributed by atoms with Crippen LogP contribution in [-0.2, 0) is 0 Å². The summed E-state index contributed by atoms with van der Waals surface area (Å²) in [5.74, 6) is 0.958. The van der Waals surface area contributed by atoms with Crippen LogP contribution < -0.4 is 5.32 Å². The Morgan fingerprint density at radius 1 is 1.13 bits per heavy atom. The zero-order chi connectivity index (χ0) is 10.5. The molecule has 0 aromatic rings. The van der Waals surface area contributed by atoms with Crippen molar-refractivity contribution >= 4 is 0 Å². The molecule has 2 nitrogen and oxygen atoms in total. The Hall–Kier alpha value is -0.0800. The molecule has 0 aromatic heterocycles. The molecule has 2 heteroatoms. The van der Waals surface area contributed by atoms with Crippen LogP contribution in [0.5, 0.6) is 0 Å². The largest absolute Gasteiger partial charge is 0.314 e. The Morgan fingerprint density at radius 2 is 2.00 bits per heavy atom. The van der Waals surface area contributed by atoms with Crippen molar-refractivity contribution in [2.24, 2.45) is 5.92 Å². The molecule has 1 aliphatic heterocycles. The van der Waals surface area contributed by atoms with Gasteiger partial charge in [-0.25, -0.2) is 0 Å². The van der Waals surface area contributed by atoms with Crippen LogP contribution in [0.25, 0.3) is 0 Å². The van der Waals surface area contributed by atoms with E-state index >= 15 is 0 Å². The molecule has 0 spiro atoms. The van der Waals surface area contributed by atoms with E-state index in [1.54, 1.807) is 0 Å². The van der Waals surface area contributed by atoms with E-state index in [0.29, 0.717) is 0 Å². The Bertz CT molecular complexity index is 177. The maximum atomic E-state index is 3.59. The maximum Gasteiger partial charge on any atom is 0.00682 e. The third-order valence-electron chi connectivity index (χ3n) is 3.77. The van der Waals surface area contributed by atoms with Crippen molar-refractivity contribution in [3.8, 4) is 0 Å². The van der Waals surface area contributed by atoms with Gasteiger partial charge >= 0.3 is 0 Å². The fourth-order valence-corrected chi connectivity index (χ4v) is 2.44. The van der Waals surface area contributed by atoms with E-state index in [1.165, 1.54) is 64.7 Å². The molecule has 1 N–H and O–H groups in total. The smallest absolute Gasteiger partial charge is 0.00682 e. The van der Waals surface area contributed by atoms with Gasteiger partial charge in [0.25, 0.3) is 0 Å². The molecule has 1 saturated carbocycles. The molecule has 1 saturated heterocycles. The molecule has 0 aromatic carbocycles. The predicted octanol–water partition coefficient (Wildman–Crippen LogP) is 2.25. The van der Waals surface area contributed by atoms with Gasteiger partial charge in [-0.2, -0.15) is 0 Å². The van der Waals surface area contributed by atoms with Crippen LogP contribution in [0, 0.1) is 5.92 Å². The van der Waals surface area contributed by atoms with Gasteiger partial charge in [0.1, 0.15) is 0 Å². The number of nitrogens with zero attached hydrogens (tertiary/aromatic N) is 1. The zero-order valence-corrected chi connectivity index (χ0v) is 10.2. The minimum absolute atomic E-state index is 0.883. The summed E-state index contributed by atoms with van der Waals surface area (Å²) in [6, 6.07) is 0.883. The topological polar surface area (TPSA) is 15.3 Å². The minimum atomic E-state index is 0.883. The summed E-state index contributed by atoms with van der Waals surface area (Å²) in [5.41, 5.74) is 0. The highest BCUT2D eigenvalue weighted by Gasteiger charge is 2.19. The summed E-state index contributed by atoms with van der Waals surface area (Å²) in [5, 5.41) is 3.59. The van der Waals surface area contributed by atoms with Crippen LogP contribution >= 0.6 is 0 Å². The Balaban J connectivity index is 1.52. The summed E-state index contributed by atoms with van der Waals surface area (Å²) in [7, 11) is 0. The average Bonchev–Trinajstić information content (AvgIpc) is 3.02. The summed E-state index contributed by atoms with van der Waals surface area (Å²) < 4.78 is 0. The molecule has 15 heavy (non-hydrogen) atoms. The predicted molar refractivity (Wildman–Crippen MR) is 65.1 cm³/mol. The van der Waals surface area contributed by atoms with E-state index in [4.69, 9.17) is 0 Å². The number of rotatable bonds is 5. The third-order valence-corrected chi connectivity index (χ3v) is 3.77. The second-order valence-corrected chi connectivity index (χ2v) is 5.46. The maximum absolute atomic E-state index is 3.59. The normalized spacial score (nSPS) is 29.0. The summed E-state index contributed by atoms with van der Waals surface area (Å²) >= 11 is 0. The molecular weight excluding hydrogens is 184 g/mol. The van der Waals surface area contributed by atoms with Crippen LogP contribution in [0.2, 0.25) is 0 Å². The fraction of sp³-hybridized carbons (Fsp3) is 1.00. The molecule has 1 aliphatic carbocycles. The van der Waals surface area contributed by atoms with E-state index in [0.717, 1.165) is 12.0 Å². The SMILES string of the molecule is CC1CCCN(CCCNC2CC2)CC1. The minimum Gasteiger partial charge on any atom is -0.314 e. The highest BCUT2D eigenvalue weighted by molar-refractivity contribution is 4.80. The van der Waals surface area contributed by atoms with Gasteiger partial charge in [-0.15, -0.1) is 0 Å². The van der Waals surface area contributed by atoms with Crippen molar-refractivity contribution in [1.29, 1.82) is 0 Å². The quantitative estimate of drug-likeness (QED) is 0.700. The summed E-state index contributed by atoms with van der Waals surface area (Å²) in [6.07, 6.45) is 8.44. The van der Waals surface area contributed by atoms with Crippen LogP contribution in [0.1, 0.15) is 45.4 Å². The molecule has 0 radical (unpaired) electrons. The monoisotopic (exact) mass is 210 g/mol. The molecule has 1 unspecified atom stereocenters. The van der Waals surface area contributed by atoms with Crippen LogP contribution in [-0.4, -0.2) is 37.1 Å². The lowest BCUT2D eigenvalue weighted by Crippen LogP contribution is -2.29. The second kappa shape index (κ2) is 5.86. The number of nitrogens with one attached hydrogen (secondary N) is 1. The van der Waals surface area contributed by atoms with Gasteiger partial charge in [0.2, 0.25) is 0 Å². The van der Waals surface area contributed by atoms with E-state index < -0.39 is 0 Å². The van der Waals surface area contributed by atoms with E-state index in [9.17, 15) is 0 Å². The van der Waals surface area contributed by atoms with E-state index in [1.807, 2.05) is 0 Å². The number of hydrogen-bond acceptors (Lipinski definition) is 2. The first kappa shape index (κ1) is 11.4. The van der Waals surface area contributed by atoms with Crippen molar-refractivity contribution in [1.82, 2.24) is 10.2 Å². The standard InChI is InChI=1S/C13H26N2/c1-12-4-2-9-15(11-7-12)10-3-8-14-13-5-6-13/h12-14H,2-11H2,1H3. The van der Waals surface area contributed by atoms with Gasteiger partial charge in [0.05, 0.1) is 0 Å². The van der Waals surface area contributed by atoms with Crippen molar-refractivity contribution in [3.63, 3.8) is 0 Å². The van der Waals surface area contributed by atoms with Crippen LogP contribution in [0.4, 0.5) is 0 Å². The molecular formula is C13H26N2. The van der Waals surface area contributed by atoms with Crippen LogP contribution in [0.3, 0.4) is 0 Å². The molecule has 2 fully saturated rings. The molecule has 0 bridgehead atoms. The van der Waals surface area contributed by atoms with Gasteiger partial charge < -0.3 is 10.2 Å². The molecule has 88 valence electrons. The van der Waals surface area contributed by atoms with Crippen molar-refractivity contribution < 1.29 is 0 Å². The summed E-state index contributed by atoms with van der Waals surface area (Å²) in [6.45, 7) is 7.62. The first-order valence-corrected chi connectivity index (χ1v) is 6.80.